The molecule has 0 bridgehead atoms. The van der Waals surface area contributed by atoms with Gasteiger partial charge in [-0.05, 0) is 24.6 Å². The Morgan fingerprint density at radius 1 is 1.06 bits per heavy atom. The molecule has 3 aromatic rings. The lowest BCUT2D eigenvalue weighted by atomic mass is 10.1. The molecule has 0 spiro atoms. The minimum atomic E-state index is -4.75. The zero-order valence-electron chi connectivity index (χ0n) is 15.4. The van der Waals surface area contributed by atoms with Crippen LogP contribution < -0.4 is 5.32 Å². The zero-order chi connectivity index (χ0) is 22.4. The Labute approximate surface area is 170 Å². The van der Waals surface area contributed by atoms with E-state index in [1.54, 1.807) is 0 Å². The summed E-state index contributed by atoms with van der Waals surface area (Å²) in [6.07, 6.45) is -6.50. The summed E-state index contributed by atoms with van der Waals surface area (Å²) in [6, 6.07) is 3.16. The zero-order valence-corrected chi connectivity index (χ0v) is 15.4. The lowest BCUT2D eigenvalue weighted by molar-refractivity contribution is -0.142. The van der Waals surface area contributed by atoms with Crippen LogP contribution in [0.1, 0.15) is 40.0 Å². The molecule has 31 heavy (non-hydrogen) atoms. The van der Waals surface area contributed by atoms with Crippen LogP contribution in [0.25, 0.3) is 11.3 Å². The van der Waals surface area contributed by atoms with Crippen LogP contribution in [0.3, 0.4) is 0 Å². The van der Waals surface area contributed by atoms with Gasteiger partial charge >= 0.3 is 12.4 Å². The van der Waals surface area contributed by atoms with Gasteiger partial charge in [0.05, 0.1) is 29.8 Å². The van der Waals surface area contributed by atoms with Crippen molar-refractivity contribution in [2.75, 3.05) is 0 Å². The number of pyridine rings is 1. The predicted molar refractivity (Wildman–Crippen MR) is 92.3 cm³/mol. The van der Waals surface area contributed by atoms with Crippen LogP contribution in [-0.2, 0) is 18.9 Å². The molecule has 7 nitrogen and oxygen atoms in total. The third kappa shape index (κ3) is 4.20. The number of hydrogen-bond acceptors (Lipinski definition) is 5. The van der Waals surface area contributed by atoms with Crippen molar-refractivity contribution in [1.29, 1.82) is 0 Å². The van der Waals surface area contributed by atoms with Gasteiger partial charge in [0.1, 0.15) is 11.4 Å². The van der Waals surface area contributed by atoms with E-state index in [0.29, 0.717) is 24.9 Å². The van der Waals surface area contributed by atoms with Gasteiger partial charge in [-0.25, -0.2) is 4.98 Å². The molecule has 1 aliphatic heterocycles. The van der Waals surface area contributed by atoms with Crippen LogP contribution in [0.15, 0.2) is 36.8 Å². The van der Waals surface area contributed by atoms with Gasteiger partial charge in [-0.15, -0.1) is 0 Å². The Hall–Kier alpha value is -3.51. The van der Waals surface area contributed by atoms with Gasteiger partial charge in [0.25, 0.3) is 5.91 Å². The molecule has 4 rings (SSSR count). The van der Waals surface area contributed by atoms with Crippen molar-refractivity contribution in [2.45, 2.75) is 31.4 Å². The second-order valence-corrected chi connectivity index (χ2v) is 6.71. The first-order valence-electron chi connectivity index (χ1n) is 8.84. The summed E-state index contributed by atoms with van der Waals surface area (Å²) >= 11 is 0. The third-order valence-corrected chi connectivity index (χ3v) is 4.61. The molecule has 162 valence electrons. The van der Waals surface area contributed by atoms with E-state index in [4.69, 9.17) is 0 Å². The van der Waals surface area contributed by atoms with E-state index >= 15 is 0 Å². The van der Waals surface area contributed by atoms with E-state index in [-0.39, 0.29) is 11.3 Å². The molecule has 0 saturated heterocycles. The molecule has 0 fully saturated rings. The number of hydrogen-bond donors (Lipinski definition) is 1. The largest absolute Gasteiger partial charge is 0.434 e. The predicted octanol–water partition coefficient (Wildman–Crippen LogP) is 3.65. The fourth-order valence-electron chi connectivity index (χ4n) is 3.17. The lowest BCUT2D eigenvalue weighted by Gasteiger charge is -2.12. The highest BCUT2D eigenvalue weighted by molar-refractivity contribution is 5.92. The lowest BCUT2D eigenvalue weighted by Crippen LogP contribution is -2.28. The van der Waals surface area contributed by atoms with Gasteiger partial charge in [0.15, 0.2) is 5.69 Å². The Morgan fingerprint density at radius 2 is 1.81 bits per heavy atom. The molecule has 0 aromatic carbocycles. The number of aryl methyl sites for hydroxylation is 1. The van der Waals surface area contributed by atoms with Crippen LogP contribution in [-0.4, -0.2) is 30.6 Å². The SMILES string of the molecule is O=C(N[C@H]1CCn2nc(-c3ccnc(C(F)(F)F)c3)cc21)c1cncc(C(F)(F)F)n1. The second kappa shape index (κ2) is 7.32. The van der Waals surface area contributed by atoms with E-state index in [0.717, 1.165) is 18.5 Å². The minimum Gasteiger partial charge on any atom is -0.342 e. The summed E-state index contributed by atoms with van der Waals surface area (Å²) in [5.74, 6) is -0.858. The van der Waals surface area contributed by atoms with E-state index in [1.165, 1.54) is 16.8 Å². The van der Waals surface area contributed by atoms with Crippen LogP contribution in [0.4, 0.5) is 26.3 Å². The highest BCUT2D eigenvalue weighted by Gasteiger charge is 2.35. The Morgan fingerprint density at radius 3 is 2.52 bits per heavy atom. The van der Waals surface area contributed by atoms with Gasteiger partial charge in [-0.3, -0.25) is 19.4 Å². The van der Waals surface area contributed by atoms with Gasteiger partial charge in [0, 0.05) is 18.3 Å². The van der Waals surface area contributed by atoms with Crippen molar-refractivity contribution in [3.8, 4) is 11.3 Å². The average Bonchev–Trinajstić information content (AvgIpc) is 3.29. The molecule has 1 amide bonds. The molecule has 0 saturated carbocycles. The van der Waals surface area contributed by atoms with Gasteiger partial charge in [0.2, 0.25) is 0 Å². The summed E-state index contributed by atoms with van der Waals surface area (Å²) < 4.78 is 78.5. The highest BCUT2D eigenvalue weighted by Crippen LogP contribution is 2.33. The van der Waals surface area contributed by atoms with Crippen LogP contribution in [0, 0.1) is 0 Å². The fraction of sp³-hybridized carbons (Fsp3) is 0.278. The third-order valence-electron chi connectivity index (χ3n) is 4.61. The van der Waals surface area contributed by atoms with E-state index in [1.807, 2.05) is 0 Å². The molecule has 1 aliphatic rings. The van der Waals surface area contributed by atoms with Crippen molar-refractivity contribution in [2.24, 2.45) is 0 Å². The Bertz CT molecular complexity index is 1140. The molecule has 4 heterocycles. The summed E-state index contributed by atoms with van der Waals surface area (Å²) in [5.41, 5.74) is -1.91. The number of alkyl halides is 6. The Kier molecular flexibility index (Phi) is 4.90. The molecule has 1 N–H and O–H groups in total. The molecule has 0 unspecified atom stereocenters. The van der Waals surface area contributed by atoms with Crippen LogP contribution in [0.5, 0.6) is 0 Å². The number of fused-ring (bicyclic) bond motifs is 1. The van der Waals surface area contributed by atoms with Crippen molar-refractivity contribution in [3.63, 3.8) is 0 Å². The molecular formula is C18H12F6N6O. The first-order valence-corrected chi connectivity index (χ1v) is 8.84. The quantitative estimate of drug-likeness (QED) is 0.626. The molecule has 0 aliphatic carbocycles. The maximum Gasteiger partial charge on any atom is 0.434 e. The number of aromatic nitrogens is 5. The normalized spacial score (nSPS) is 16.3. The first-order chi connectivity index (χ1) is 14.5. The number of nitrogens with zero attached hydrogens (tertiary/aromatic N) is 5. The molecule has 1 atom stereocenters. The first kappa shape index (κ1) is 20.8. The number of amides is 1. The minimum absolute atomic E-state index is 0.193. The maximum absolute atomic E-state index is 12.9. The maximum atomic E-state index is 12.9. The van der Waals surface area contributed by atoms with E-state index < -0.39 is 41.4 Å². The monoisotopic (exact) mass is 442 g/mol. The standard InChI is InChI=1S/C18H12F6N6O/c19-17(20,21)14-5-9(1-3-26-14)11-6-13-10(2-4-30(13)29-11)28-16(31)12-7-25-8-15(27-12)18(22,23)24/h1,3,5-8,10H,2,4H2,(H,28,31)/t10-/m0/s1. The van der Waals surface area contributed by atoms with Crippen molar-refractivity contribution in [1.82, 2.24) is 30.0 Å². The van der Waals surface area contributed by atoms with E-state index in [9.17, 15) is 31.1 Å². The summed E-state index contributed by atoms with van der Waals surface area (Å²) in [5, 5.41) is 6.82. The van der Waals surface area contributed by atoms with Gasteiger partial charge in [-0.2, -0.15) is 31.4 Å². The second-order valence-electron chi connectivity index (χ2n) is 6.71. The number of halogens is 6. The topological polar surface area (TPSA) is 85.6 Å². The summed E-state index contributed by atoms with van der Waals surface area (Å²) in [6.45, 7) is 0.367. The number of carbonyl (C=O) groups excluding carboxylic acids is 1. The van der Waals surface area contributed by atoms with Crippen LogP contribution in [0.2, 0.25) is 0 Å². The summed E-state index contributed by atoms with van der Waals surface area (Å²) in [7, 11) is 0. The Balaban J connectivity index is 1.55. The number of rotatable bonds is 3. The van der Waals surface area contributed by atoms with Gasteiger partial charge < -0.3 is 5.32 Å². The number of carbonyl (C=O) groups is 1. The summed E-state index contributed by atoms with van der Waals surface area (Å²) in [4.78, 5) is 22.4. The molecule has 0 radical (unpaired) electrons. The molecule has 3 aromatic heterocycles. The van der Waals surface area contributed by atoms with Gasteiger partial charge in [-0.1, -0.05) is 0 Å². The van der Waals surface area contributed by atoms with Crippen molar-refractivity contribution >= 4 is 5.91 Å². The van der Waals surface area contributed by atoms with Crippen molar-refractivity contribution < 1.29 is 31.1 Å². The van der Waals surface area contributed by atoms with Crippen LogP contribution >= 0.6 is 0 Å². The number of nitrogens with one attached hydrogen (secondary N) is 1. The molecular weight excluding hydrogens is 430 g/mol. The van der Waals surface area contributed by atoms with Crippen molar-refractivity contribution in [3.05, 3.63) is 59.6 Å². The fourth-order valence-corrected chi connectivity index (χ4v) is 3.17. The smallest absolute Gasteiger partial charge is 0.342 e. The van der Waals surface area contributed by atoms with E-state index in [2.05, 4.69) is 25.4 Å². The average molecular weight is 442 g/mol. The molecule has 13 heteroatoms. The highest BCUT2D eigenvalue weighted by atomic mass is 19.4.